The third kappa shape index (κ3) is 3.54. The molecule has 0 unspecified atom stereocenters. The first-order valence-electron chi connectivity index (χ1n) is 9.75. The quantitative estimate of drug-likeness (QED) is 0.854. The molecule has 7 heteroatoms. The van der Waals surface area contributed by atoms with E-state index in [0.717, 1.165) is 30.9 Å². The van der Waals surface area contributed by atoms with E-state index in [1.54, 1.807) is 19.2 Å². The van der Waals surface area contributed by atoms with Gasteiger partial charge in [-0.25, -0.2) is 9.97 Å². The van der Waals surface area contributed by atoms with Gasteiger partial charge in [-0.2, -0.15) is 0 Å². The maximum Gasteiger partial charge on any atom is 0.227 e. The Kier molecular flexibility index (Phi) is 5.17. The second-order valence-corrected chi connectivity index (χ2v) is 7.57. The molecule has 2 aromatic rings. The zero-order valence-corrected chi connectivity index (χ0v) is 16.3. The number of ether oxygens (including phenoxy) is 1. The number of phenolic OH excluding ortho intramolecular Hbond substituents is 1. The van der Waals surface area contributed by atoms with Crippen molar-refractivity contribution in [3.05, 3.63) is 36.0 Å². The highest BCUT2D eigenvalue weighted by Crippen LogP contribution is 2.33. The van der Waals surface area contributed by atoms with Crippen molar-refractivity contribution in [2.45, 2.75) is 25.8 Å². The number of nitrogens with zero attached hydrogens (tertiary/aromatic N) is 4. The van der Waals surface area contributed by atoms with E-state index in [0.29, 0.717) is 31.1 Å². The number of hydrogen-bond donors (Lipinski definition) is 1. The van der Waals surface area contributed by atoms with E-state index in [1.807, 2.05) is 30.0 Å². The number of aryl methyl sites for hydroxylation is 1. The predicted molar refractivity (Wildman–Crippen MR) is 106 cm³/mol. The summed E-state index contributed by atoms with van der Waals surface area (Å²) in [5.41, 5.74) is 1.45. The van der Waals surface area contributed by atoms with Crippen molar-refractivity contribution in [1.82, 2.24) is 14.9 Å². The molecule has 0 saturated carbocycles. The van der Waals surface area contributed by atoms with Gasteiger partial charge in [-0.05, 0) is 31.9 Å². The minimum Gasteiger partial charge on any atom is -0.507 e. The number of methoxy groups -OCH3 is 1. The second kappa shape index (κ2) is 7.75. The van der Waals surface area contributed by atoms with Gasteiger partial charge in [0.05, 0.1) is 18.1 Å². The van der Waals surface area contributed by atoms with Crippen LogP contribution in [-0.4, -0.2) is 65.3 Å². The number of fused-ring (bicyclic) bond motifs is 4. The molecule has 1 N–H and O–H groups in total. The second-order valence-electron chi connectivity index (χ2n) is 7.57. The van der Waals surface area contributed by atoms with Crippen LogP contribution in [0.15, 0.2) is 30.3 Å². The van der Waals surface area contributed by atoms with Crippen molar-refractivity contribution in [2.24, 2.45) is 5.92 Å². The first-order valence-corrected chi connectivity index (χ1v) is 9.75. The molecule has 1 aromatic heterocycles. The van der Waals surface area contributed by atoms with Crippen molar-refractivity contribution < 1.29 is 14.6 Å². The molecule has 1 aromatic carbocycles. The van der Waals surface area contributed by atoms with Gasteiger partial charge in [-0.3, -0.25) is 4.79 Å². The van der Waals surface area contributed by atoms with Gasteiger partial charge >= 0.3 is 0 Å². The number of para-hydroxylation sites is 1. The summed E-state index contributed by atoms with van der Waals surface area (Å²) in [5, 5.41) is 10.2. The van der Waals surface area contributed by atoms with Crippen molar-refractivity contribution in [3.63, 3.8) is 0 Å². The van der Waals surface area contributed by atoms with E-state index in [-0.39, 0.29) is 23.6 Å². The molecule has 0 aliphatic carbocycles. The Morgan fingerprint density at radius 3 is 2.82 bits per heavy atom. The number of carbonyl (C=O) groups is 1. The standard InChI is InChI=1S/C21H26N4O3/c1-14-11-19(23-20(22-14)17-5-3-4-6-18(17)26)24-12-15-7-8-16(13-24)25(21(15)27)9-10-28-2/h3-6,11,15-16,26H,7-10,12-13H2,1-2H3/t15-,16+/m0/s1. The molecule has 3 fully saturated rings. The Labute approximate surface area is 165 Å². The smallest absolute Gasteiger partial charge is 0.227 e. The number of piperidine rings is 1. The van der Waals surface area contributed by atoms with Crippen LogP contribution in [0.25, 0.3) is 11.4 Å². The zero-order valence-electron chi connectivity index (χ0n) is 16.3. The van der Waals surface area contributed by atoms with E-state index in [1.165, 1.54) is 0 Å². The van der Waals surface area contributed by atoms with Crippen molar-refractivity contribution >= 4 is 11.7 Å². The number of amides is 1. The molecule has 3 aliphatic heterocycles. The third-order valence-electron chi connectivity index (χ3n) is 5.64. The van der Waals surface area contributed by atoms with Crippen LogP contribution in [0, 0.1) is 12.8 Å². The van der Waals surface area contributed by atoms with Crippen molar-refractivity contribution in [1.29, 1.82) is 0 Å². The molecule has 7 nitrogen and oxygen atoms in total. The highest BCUT2D eigenvalue weighted by molar-refractivity contribution is 5.81. The summed E-state index contributed by atoms with van der Waals surface area (Å²) in [4.78, 5) is 26.3. The van der Waals surface area contributed by atoms with Gasteiger partial charge in [0.2, 0.25) is 5.91 Å². The number of rotatable bonds is 5. The fourth-order valence-corrected chi connectivity index (χ4v) is 4.21. The maximum absolute atomic E-state index is 12.9. The van der Waals surface area contributed by atoms with E-state index >= 15 is 0 Å². The summed E-state index contributed by atoms with van der Waals surface area (Å²) in [6, 6.07) is 9.22. The number of carbonyl (C=O) groups excluding carboxylic acids is 1. The molecule has 148 valence electrons. The molecule has 3 aliphatic rings. The summed E-state index contributed by atoms with van der Waals surface area (Å²) in [7, 11) is 1.66. The fraction of sp³-hybridized carbons (Fsp3) is 0.476. The van der Waals surface area contributed by atoms with Crippen LogP contribution < -0.4 is 4.90 Å². The number of aromatic nitrogens is 2. The normalized spacial score (nSPS) is 21.9. The minimum atomic E-state index is -0.0144. The topological polar surface area (TPSA) is 78.8 Å². The lowest BCUT2D eigenvalue weighted by Crippen LogP contribution is -2.49. The van der Waals surface area contributed by atoms with Gasteiger partial charge in [-0.1, -0.05) is 12.1 Å². The number of aromatic hydroxyl groups is 1. The van der Waals surface area contributed by atoms with E-state index in [9.17, 15) is 9.90 Å². The predicted octanol–water partition coefficient (Wildman–Crippen LogP) is 2.23. The van der Waals surface area contributed by atoms with Gasteiger partial charge in [0, 0.05) is 44.5 Å². The number of anilines is 1. The van der Waals surface area contributed by atoms with Gasteiger partial charge in [0.25, 0.3) is 0 Å². The summed E-state index contributed by atoms with van der Waals surface area (Å²) in [5.74, 6) is 1.69. The molecule has 3 saturated heterocycles. The van der Waals surface area contributed by atoms with Crippen LogP contribution >= 0.6 is 0 Å². The molecule has 5 rings (SSSR count). The van der Waals surface area contributed by atoms with E-state index < -0.39 is 0 Å². The molecule has 2 bridgehead atoms. The largest absolute Gasteiger partial charge is 0.507 e. The van der Waals surface area contributed by atoms with Crippen LogP contribution in [-0.2, 0) is 9.53 Å². The Bertz CT molecular complexity index is 872. The van der Waals surface area contributed by atoms with Crippen molar-refractivity contribution in [3.8, 4) is 17.1 Å². The molecular weight excluding hydrogens is 356 g/mol. The molecule has 1 amide bonds. The SMILES string of the molecule is COCCN1C(=O)[C@H]2CC[C@@H]1CN(c1cc(C)nc(-c3ccccc3O)n1)C2. The summed E-state index contributed by atoms with van der Waals surface area (Å²) in [6.45, 7) is 4.53. The molecule has 2 atom stereocenters. The molecule has 0 radical (unpaired) electrons. The summed E-state index contributed by atoms with van der Waals surface area (Å²) >= 11 is 0. The minimum absolute atomic E-state index is 0.0144. The monoisotopic (exact) mass is 382 g/mol. The number of phenols is 1. The Balaban J connectivity index is 1.65. The summed E-state index contributed by atoms with van der Waals surface area (Å²) in [6.07, 6.45) is 1.92. The Morgan fingerprint density at radius 2 is 2.04 bits per heavy atom. The first kappa shape index (κ1) is 18.7. The van der Waals surface area contributed by atoms with E-state index in [2.05, 4.69) is 9.88 Å². The lowest BCUT2D eigenvalue weighted by Gasteiger charge is -2.35. The Hall–Kier alpha value is -2.67. The first-order chi connectivity index (χ1) is 13.6. The lowest BCUT2D eigenvalue weighted by atomic mass is 9.94. The van der Waals surface area contributed by atoms with Crippen LogP contribution in [0.1, 0.15) is 18.5 Å². The average Bonchev–Trinajstić information content (AvgIpc) is 2.98. The van der Waals surface area contributed by atoms with Crippen molar-refractivity contribution in [2.75, 3.05) is 38.3 Å². The van der Waals surface area contributed by atoms with Gasteiger partial charge in [-0.15, -0.1) is 0 Å². The van der Waals surface area contributed by atoms with Crippen LogP contribution in [0.5, 0.6) is 5.75 Å². The zero-order chi connectivity index (χ0) is 19.7. The van der Waals surface area contributed by atoms with E-state index in [4.69, 9.17) is 9.72 Å². The van der Waals surface area contributed by atoms with Crippen LogP contribution in [0.2, 0.25) is 0 Å². The van der Waals surface area contributed by atoms with Gasteiger partial charge in [0.1, 0.15) is 11.6 Å². The summed E-state index contributed by atoms with van der Waals surface area (Å²) < 4.78 is 5.19. The number of hydrogen-bond acceptors (Lipinski definition) is 6. The molecule has 28 heavy (non-hydrogen) atoms. The molecule has 4 heterocycles. The van der Waals surface area contributed by atoms with Gasteiger partial charge in [0.15, 0.2) is 5.82 Å². The van der Waals surface area contributed by atoms with Crippen LogP contribution in [0.3, 0.4) is 0 Å². The molecular formula is C21H26N4O3. The molecule has 0 spiro atoms. The third-order valence-corrected chi connectivity index (χ3v) is 5.64. The Morgan fingerprint density at radius 1 is 1.21 bits per heavy atom. The lowest BCUT2D eigenvalue weighted by molar-refractivity contribution is -0.140. The van der Waals surface area contributed by atoms with Crippen LogP contribution in [0.4, 0.5) is 5.82 Å². The highest BCUT2D eigenvalue weighted by Gasteiger charge is 2.40. The maximum atomic E-state index is 12.9. The average molecular weight is 382 g/mol. The fourth-order valence-electron chi connectivity index (χ4n) is 4.21. The van der Waals surface area contributed by atoms with Gasteiger partial charge < -0.3 is 19.6 Å². The highest BCUT2D eigenvalue weighted by atomic mass is 16.5. The number of benzene rings is 1.